The molecule has 0 aliphatic heterocycles. The lowest BCUT2D eigenvalue weighted by Gasteiger charge is -2.14. The molecule has 0 aliphatic carbocycles. The monoisotopic (exact) mass is 497 g/mol. The van der Waals surface area contributed by atoms with Gasteiger partial charge in [0.25, 0.3) is 5.91 Å². The third-order valence-electron chi connectivity index (χ3n) is 4.48. The molecule has 12 heteroatoms. The first-order valence-corrected chi connectivity index (χ1v) is 10.1. The minimum atomic E-state index is -4.65. The molecule has 0 radical (unpaired) electrons. The first kappa shape index (κ1) is 26.5. The number of nitriles is 1. The Morgan fingerprint density at radius 1 is 1.21 bits per heavy atom. The number of amides is 2. The molecule has 2 rings (SSSR count). The van der Waals surface area contributed by atoms with Gasteiger partial charge < -0.3 is 14.0 Å². The van der Waals surface area contributed by atoms with Gasteiger partial charge in [0.15, 0.2) is 6.61 Å². The highest BCUT2D eigenvalue weighted by Crippen LogP contribution is 2.36. The number of benzene rings is 1. The Hall–Kier alpha value is -3.78. The maximum atomic E-state index is 13.3. The van der Waals surface area contributed by atoms with Gasteiger partial charge in [-0.2, -0.15) is 18.4 Å². The fourth-order valence-electron chi connectivity index (χ4n) is 3.02. The molecule has 2 aromatic rings. The van der Waals surface area contributed by atoms with Crippen LogP contribution in [0.3, 0.4) is 0 Å². The number of hydrogen-bond donors (Lipinski definition) is 1. The van der Waals surface area contributed by atoms with Crippen LogP contribution in [0.5, 0.6) is 0 Å². The van der Waals surface area contributed by atoms with E-state index in [9.17, 15) is 32.8 Å². The Morgan fingerprint density at radius 2 is 1.88 bits per heavy atom. The Kier molecular flexibility index (Phi) is 8.48. The van der Waals surface area contributed by atoms with Crippen LogP contribution in [0.4, 0.5) is 18.0 Å². The summed E-state index contributed by atoms with van der Waals surface area (Å²) in [4.78, 5) is 35.0. The number of aromatic nitrogens is 1. The van der Waals surface area contributed by atoms with E-state index < -0.39 is 46.9 Å². The van der Waals surface area contributed by atoms with E-state index in [1.165, 1.54) is 23.6 Å². The number of halogens is 4. The Labute approximate surface area is 197 Å². The largest absolute Gasteiger partial charge is 0.451 e. The van der Waals surface area contributed by atoms with Crippen molar-refractivity contribution in [1.82, 2.24) is 9.88 Å². The quantitative estimate of drug-likeness (QED) is 0.358. The number of ether oxygens (including phenoxy) is 2. The molecule has 0 unspecified atom stereocenters. The number of alkyl carbamates (subject to hydrolysis) is 1. The highest BCUT2D eigenvalue weighted by atomic mass is 35.5. The average Bonchev–Trinajstić information content (AvgIpc) is 3.03. The van der Waals surface area contributed by atoms with E-state index in [4.69, 9.17) is 16.3 Å². The van der Waals surface area contributed by atoms with Crippen LogP contribution in [0, 0.1) is 25.2 Å². The molecule has 0 saturated heterocycles. The van der Waals surface area contributed by atoms with Gasteiger partial charge in [-0.1, -0.05) is 11.6 Å². The molecule has 0 fully saturated rings. The summed E-state index contributed by atoms with van der Waals surface area (Å²) in [5, 5.41) is 10.7. The van der Waals surface area contributed by atoms with Gasteiger partial charge >= 0.3 is 18.2 Å². The summed E-state index contributed by atoms with van der Waals surface area (Å²) in [5.41, 5.74) is 0.0516. The smallest absolute Gasteiger partial charge is 0.417 e. The summed E-state index contributed by atoms with van der Waals surface area (Å²) in [7, 11) is 0. The second-order valence-corrected chi connectivity index (χ2v) is 7.25. The minimum absolute atomic E-state index is 0.0339. The molecule has 1 aromatic carbocycles. The zero-order chi connectivity index (χ0) is 25.6. The molecule has 8 nitrogen and oxygen atoms in total. The maximum absolute atomic E-state index is 13.3. The number of nitrogens with one attached hydrogen (secondary N) is 1. The summed E-state index contributed by atoms with van der Waals surface area (Å²) in [6.07, 6.45) is -4.48. The molecule has 0 aliphatic rings. The van der Waals surface area contributed by atoms with Crippen molar-refractivity contribution in [3.8, 4) is 11.8 Å². The van der Waals surface area contributed by atoms with Gasteiger partial charge in [0.2, 0.25) is 0 Å². The third kappa shape index (κ3) is 6.39. The predicted octanol–water partition coefficient (Wildman–Crippen LogP) is 4.49. The van der Waals surface area contributed by atoms with Crippen molar-refractivity contribution in [2.75, 3.05) is 13.2 Å². The van der Waals surface area contributed by atoms with Crippen LogP contribution in [-0.4, -0.2) is 35.8 Å². The van der Waals surface area contributed by atoms with Crippen molar-refractivity contribution in [3.05, 3.63) is 57.4 Å². The fraction of sp³-hybridized carbons (Fsp3) is 0.273. The summed E-state index contributed by atoms with van der Waals surface area (Å²) >= 11 is 5.69. The number of rotatable bonds is 6. The van der Waals surface area contributed by atoms with Crippen LogP contribution >= 0.6 is 11.6 Å². The first-order chi connectivity index (χ1) is 15.9. The molecule has 0 spiro atoms. The van der Waals surface area contributed by atoms with Crippen molar-refractivity contribution in [3.63, 3.8) is 0 Å². The number of imide groups is 1. The van der Waals surface area contributed by atoms with Crippen molar-refractivity contribution < 1.29 is 37.0 Å². The fourth-order valence-corrected chi connectivity index (χ4v) is 3.24. The van der Waals surface area contributed by atoms with Gasteiger partial charge in [0.05, 0.1) is 17.2 Å². The second kappa shape index (κ2) is 10.9. The first-order valence-electron chi connectivity index (χ1n) is 9.70. The van der Waals surface area contributed by atoms with Crippen molar-refractivity contribution in [2.24, 2.45) is 0 Å². The van der Waals surface area contributed by atoms with Gasteiger partial charge in [0, 0.05) is 17.1 Å². The molecule has 0 atom stereocenters. The third-order valence-corrected chi connectivity index (χ3v) is 4.80. The van der Waals surface area contributed by atoms with E-state index in [1.54, 1.807) is 26.0 Å². The zero-order valence-electron chi connectivity index (χ0n) is 18.2. The highest BCUT2D eigenvalue weighted by molar-refractivity contribution is 6.31. The van der Waals surface area contributed by atoms with E-state index in [0.717, 1.165) is 12.1 Å². The molecule has 0 bridgehead atoms. The maximum Gasteiger partial charge on any atom is 0.417 e. The lowest BCUT2D eigenvalue weighted by Crippen LogP contribution is -2.34. The van der Waals surface area contributed by atoms with E-state index in [-0.39, 0.29) is 12.3 Å². The Balaban J connectivity index is 2.28. The summed E-state index contributed by atoms with van der Waals surface area (Å²) < 4.78 is 50.5. The number of carbonyl (C=O) groups excluding carboxylic acids is 3. The van der Waals surface area contributed by atoms with Gasteiger partial charge in [-0.25, -0.2) is 9.59 Å². The van der Waals surface area contributed by atoms with Gasteiger partial charge in [-0.3, -0.25) is 10.1 Å². The van der Waals surface area contributed by atoms with Crippen LogP contribution in [0.2, 0.25) is 5.02 Å². The molecule has 34 heavy (non-hydrogen) atoms. The predicted molar refractivity (Wildman–Crippen MR) is 115 cm³/mol. The van der Waals surface area contributed by atoms with Crippen LogP contribution in [0.25, 0.3) is 11.8 Å². The molecule has 180 valence electrons. The number of nitrogens with zero attached hydrogens (tertiary/aromatic N) is 2. The molecule has 0 saturated carbocycles. The molecular formula is C22H19ClF3N3O5. The van der Waals surface area contributed by atoms with E-state index in [0.29, 0.717) is 17.0 Å². The van der Waals surface area contributed by atoms with Crippen molar-refractivity contribution in [2.45, 2.75) is 26.9 Å². The topological polar surface area (TPSA) is 110 Å². The Morgan fingerprint density at radius 3 is 2.47 bits per heavy atom. The van der Waals surface area contributed by atoms with E-state index in [1.807, 2.05) is 5.32 Å². The van der Waals surface area contributed by atoms with Gasteiger partial charge in [-0.05, 0) is 56.7 Å². The van der Waals surface area contributed by atoms with Gasteiger partial charge in [0.1, 0.15) is 11.6 Å². The molecule has 1 N–H and O–H groups in total. The molecule has 1 aromatic heterocycles. The summed E-state index contributed by atoms with van der Waals surface area (Å²) in [5.74, 6) is -2.08. The average molecular weight is 498 g/mol. The van der Waals surface area contributed by atoms with Gasteiger partial charge in [-0.15, -0.1) is 0 Å². The number of carbonyl (C=O) groups is 3. The standard InChI is InChI=1S/C22H19ClF3N3O5/c1-4-33-21(32)28-19(30)11-34-20(31)15(10-27)8-14-7-12(2)29(13(14)3)16-5-6-18(23)17(9-16)22(24,25)26/h5-9H,4,11H2,1-3H3,(H,28,30,32)/b15-8+. The number of hydrogen-bond acceptors (Lipinski definition) is 6. The van der Waals surface area contributed by atoms with Crippen molar-refractivity contribution >= 4 is 35.6 Å². The van der Waals surface area contributed by atoms with Crippen LogP contribution in [0.15, 0.2) is 29.8 Å². The number of aryl methyl sites for hydroxylation is 1. The zero-order valence-corrected chi connectivity index (χ0v) is 19.0. The summed E-state index contributed by atoms with van der Waals surface area (Å²) in [6, 6.07) is 6.66. The number of alkyl halides is 3. The van der Waals surface area contributed by atoms with Crippen molar-refractivity contribution in [1.29, 1.82) is 5.26 Å². The van der Waals surface area contributed by atoms with E-state index in [2.05, 4.69) is 4.74 Å². The Bertz CT molecular complexity index is 1200. The minimum Gasteiger partial charge on any atom is -0.451 e. The summed E-state index contributed by atoms with van der Waals surface area (Å²) in [6.45, 7) is 3.96. The van der Waals surface area contributed by atoms with Crippen LogP contribution in [-0.2, 0) is 25.2 Å². The lowest BCUT2D eigenvalue weighted by atomic mass is 10.1. The lowest BCUT2D eigenvalue weighted by molar-refractivity contribution is -0.144. The second-order valence-electron chi connectivity index (χ2n) is 6.84. The van der Waals surface area contributed by atoms with E-state index >= 15 is 0 Å². The molecule has 2 amide bonds. The molecule has 1 heterocycles. The number of esters is 1. The van der Waals surface area contributed by atoms with Crippen LogP contribution < -0.4 is 5.32 Å². The highest BCUT2D eigenvalue weighted by Gasteiger charge is 2.33. The SMILES string of the molecule is CCOC(=O)NC(=O)COC(=O)/C(C#N)=C/c1cc(C)n(-c2ccc(Cl)c(C(F)(F)F)c2)c1C. The molecular weight excluding hydrogens is 479 g/mol. The normalized spacial score (nSPS) is 11.5. The van der Waals surface area contributed by atoms with Crippen LogP contribution in [0.1, 0.15) is 29.4 Å².